The smallest absolute Gasteiger partial charge is 0.309 e. The second-order valence-corrected chi connectivity index (χ2v) is 12.2. The van der Waals surface area contributed by atoms with Gasteiger partial charge >= 0.3 is 5.97 Å². The Morgan fingerprint density at radius 1 is 0.935 bits per heavy atom. The summed E-state index contributed by atoms with van der Waals surface area (Å²) in [4.78, 5) is 43.3. The number of hydrogen-bond acceptors (Lipinski definition) is 6. The van der Waals surface area contributed by atoms with E-state index in [1.807, 2.05) is 97.1 Å². The zero-order chi connectivity index (χ0) is 32.3. The first-order valence-corrected chi connectivity index (χ1v) is 16.2. The molecule has 3 aromatic rings. The van der Waals surface area contributed by atoms with Crippen molar-refractivity contribution in [3.63, 3.8) is 0 Å². The van der Waals surface area contributed by atoms with Gasteiger partial charge in [0.05, 0.1) is 37.1 Å². The lowest BCUT2D eigenvalue weighted by Gasteiger charge is -2.37. The average molecular weight is 625 g/mol. The zero-order valence-electron chi connectivity index (χ0n) is 26.4. The van der Waals surface area contributed by atoms with Gasteiger partial charge in [-0.05, 0) is 54.4 Å². The number of methoxy groups -OCH3 is 1. The van der Waals surface area contributed by atoms with Gasteiger partial charge in [0.25, 0.3) is 0 Å². The van der Waals surface area contributed by atoms with Crippen molar-refractivity contribution in [2.75, 3.05) is 20.3 Å². The van der Waals surface area contributed by atoms with E-state index in [0.29, 0.717) is 38.6 Å². The molecule has 2 aliphatic heterocycles. The molecule has 0 aromatic heterocycles. The number of fused-ring (bicyclic) bond motifs is 1. The van der Waals surface area contributed by atoms with Gasteiger partial charge in [-0.2, -0.15) is 0 Å². The predicted octanol–water partition coefficient (Wildman–Crippen LogP) is 4.95. The van der Waals surface area contributed by atoms with Crippen LogP contribution >= 0.6 is 0 Å². The third-order valence-corrected chi connectivity index (χ3v) is 9.02. The Morgan fingerprint density at radius 2 is 1.63 bits per heavy atom. The number of hydrogen-bond donors (Lipinski definition) is 2. The highest BCUT2D eigenvalue weighted by atomic mass is 16.5. The Balaban J connectivity index is 1.41. The molecule has 242 valence electrons. The lowest BCUT2D eigenvalue weighted by Crippen LogP contribution is -2.49. The molecule has 5 unspecified atom stereocenters. The molecule has 2 heterocycles. The number of rotatable bonds is 8. The number of aliphatic hydroxyl groups excluding tert-OH is 1. The molecule has 3 aromatic carbocycles. The lowest BCUT2D eigenvalue weighted by atomic mass is 9.92. The third-order valence-electron chi connectivity index (χ3n) is 9.02. The van der Waals surface area contributed by atoms with Crippen molar-refractivity contribution in [3.8, 4) is 0 Å². The Labute approximate surface area is 271 Å². The van der Waals surface area contributed by atoms with Crippen molar-refractivity contribution >= 4 is 17.8 Å². The highest BCUT2D eigenvalue weighted by Gasteiger charge is 2.35. The number of aliphatic hydroxyl groups is 1. The van der Waals surface area contributed by atoms with E-state index in [-0.39, 0.29) is 49.4 Å². The normalized spacial score (nSPS) is 24.0. The molecule has 46 heavy (non-hydrogen) atoms. The minimum absolute atomic E-state index is 0.0129. The molecule has 0 bridgehead atoms. The molecule has 8 nitrogen and oxygen atoms in total. The number of allylic oxidation sites excluding steroid dienone is 2. The number of ether oxygens (including phenoxy) is 2. The van der Waals surface area contributed by atoms with E-state index in [1.165, 1.54) is 0 Å². The molecule has 2 aliphatic rings. The fraction of sp³-hybridized carbons (Fsp3) is 0.395. The summed E-state index contributed by atoms with van der Waals surface area (Å²) in [6, 6.07) is 26.2. The molecule has 0 radical (unpaired) electrons. The van der Waals surface area contributed by atoms with Crippen molar-refractivity contribution < 1.29 is 29.0 Å². The topological polar surface area (TPSA) is 105 Å². The number of nitrogens with zero attached hydrogens (tertiary/aromatic N) is 1. The SMILES string of the molecule is COCC1NC(=O)C(CC(=O)N2Cc3ccccc3CC2CO)CC=CCCC(Cc2ccccc2)C(=O)OC1c1ccccc1. The maximum Gasteiger partial charge on any atom is 0.309 e. The van der Waals surface area contributed by atoms with Crippen LogP contribution in [0, 0.1) is 11.8 Å². The Kier molecular flexibility index (Phi) is 11.8. The van der Waals surface area contributed by atoms with Crippen LogP contribution in [0.15, 0.2) is 97.1 Å². The molecule has 0 aliphatic carbocycles. The number of cyclic esters (lactones) is 1. The molecule has 2 amide bonds. The maximum atomic E-state index is 14.0. The summed E-state index contributed by atoms with van der Waals surface area (Å²) in [5.74, 6) is -1.85. The molecule has 5 rings (SSSR count). The number of carbonyl (C=O) groups excluding carboxylic acids is 3. The van der Waals surface area contributed by atoms with Gasteiger partial charge in [0.2, 0.25) is 11.8 Å². The Bertz CT molecular complexity index is 1480. The van der Waals surface area contributed by atoms with Crippen molar-refractivity contribution in [1.82, 2.24) is 10.2 Å². The minimum atomic E-state index is -0.793. The standard InChI is InChI=1S/C38H44N2O6/c1-45-26-34-36(28-15-7-3-8-16-28)46-38(44)31(21-27-13-5-2-6-14-27)19-10-4-9-18-30(37(43)39-34)23-35(42)40-24-32-20-12-11-17-29(32)22-33(40)25-41/h2-9,11-17,20,30-31,33-34,36,41H,10,18-19,21-26H2,1H3,(H,39,43). The summed E-state index contributed by atoms with van der Waals surface area (Å²) in [7, 11) is 1.54. The molecule has 8 heteroatoms. The minimum Gasteiger partial charge on any atom is -0.455 e. The zero-order valence-corrected chi connectivity index (χ0v) is 26.4. The molecule has 0 saturated carbocycles. The van der Waals surface area contributed by atoms with Crippen molar-refractivity contribution in [1.29, 1.82) is 0 Å². The number of amides is 2. The van der Waals surface area contributed by atoms with Crippen LogP contribution in [0.2, 0.25) is 0 Å². The van der Waals surface area contributed by atoms with Crippen LogP contribution in [0.5, 0.6) is 0 Å². The predicted molar refractivity (Wildman–Crippen MR) is 175 cm³/mol. The fourth-order valence-corrected chi connectivity index (χ4v) is 6.46. The quantitative estimate of drug-likeness (QED) is 0.272. The summed E-state index contributed by atoms with van der Waals surface area (Å²) in [5.41, 5.74) is 3.98. The fourth-order valence-electron chi connectivity index (χ4n) is 6.46. The van der Waals surface area contributed by atoms with Crippen molar-refractivity contribution in [3.05, 3.63) is 119 Å². The van der Waals surface area contributed by atoms with Crippen molar-refractivity contribution in [2.45, 2.75) is 63.3 Å². The summed E-state index contributed by atoms with van der Waals surface area (Å²) in [5, 5.41) is 13.3. The van der Waals surface area contributed by atoms with Crippen LogP contribution in [0.4, 0.5) is 0 Å². The number of esters is 1. The number of nitrogens with one attached hydrogen (secondary N) is 1. The van der Waals surface area contributed by atoms with Gasteiger partial charge in [-0.25, -0.2) is 0 Å². The number of carbonyl (C=O) groups is 3. The first-order valence-electron chi connectivity index (χ1n) is 16.2. The molecule has 0 spiro atoms. The third kappa shape index (κ3) is 8.50. The summed E-state index contributed by atoms with van der Waals surface area (Å²) >= 11 is 0. The Morgan fingerprint density at radius 3 is 2.35 bits per heavy atom. The second kappa shape index (κ2) is 16.3. The molecular formula is C38H44N2O6. The second-order valence-electron chi connectivity index (χ2n) is 12.2. The monoisotopic (exact) mass is 624 g/mol. The molecular weight excluding hydrogens is 580 g/mol. The molecule has 0 fully saturated rings. The lowest BCUT2D eigenvalue weighted by molar-refractivity contribution is -0.158. The van der Waals surface area contributed by atoms with Gasteiger partial charge in [0.15, 0.2) is 0 Å². The summed E-state index contributed by atoms with van der Waals surface area (Å²) < 4.78 is 11.8. The van der Waals surface area contributed by atoms with E-state index in [1.54, 1.807) is 12.0 Å². The first kappa shape index (κ1) is 33.1. The largest absolute Gasteiger partial charge is 0.455 e. The molecule has 0 saturated heterocycles. The Hall–Kier alpha value is -4.27. The first-order chi connectivity index (χ1) is 22.5. The summed E-state index contributed by atoms with van der Waals surface area (Å²) in [6.45, 7) is 0.348. The van der Waals surface area contributed by atoms with E-state index < -0.39 is 18.1 Å². The van der Waals surface area contributed by atoms with Crippen LogP contribution < -0.4 is 5.32 Å². The van der Waals surface area contributed by atoms with Crippen LogP contribution in [-0.2, 0) is 43.2 Å². The van der Waals surface area contributed by atoms with Crippen LogP contribution in [0.1, 0.15) is 54.0 Å². The number of benzene rings is 3. The highest BCUT2D eigenvalue weighted by Crippen LogP contribution is 2.29. The van der Waals surface area contributed by atoms with E-state index in [9.17, 15) is 19.5 Å². The van der Waals surface area contributed by atoms with Gasteiger partial charge in [0, 0.05) is 20.1 Å². The van der Waals surface area contributed by atoms with E-state index >= 15 is 0 Å². The van der Waals surface area contributed by atoms with Gasteiger partial charge in [-0.3, -0.25) is 14.4 Å². The van der Waals surface area contributed by atoms with Gasteiger partial charge in [-0.15, -0.1) is 0 Å². The van der Waals surface area contributed by atoms with E-state index in [2.05, 4.69) is 5.32 Å². The average Bonchev–Trinajstić information content (AvgIpc) is 3.09. The van der Waals surface area contributed by atoms with Crippen LogP contribution in [-0.4, -0.2) is 60.2 Å². The van der Waals surface area contributed by atoms with E-state index in [4.69, 9.17) is 9.47 Å². The van der Waals surface area contributed by atoms with Crippen LogP contribution in [0.3, 0.4) is 0 Å². The maximum absolute atomic E-state index is 14.0. The van der Waals surface area contributed by atoms with Gasteiger partial charge in [0.1, 0.15) is 6.10 Å². The summed E-state index contributed by atoms with van der Waals surface area (Å²) in [6.07, 6.45) is 5.80. The van der Waals surface area contributed by atoms with E-state index in [0.717, 1.165) is 22.3 Å². The van der Waals surface area contributed by atoms with Gasteiger partial charge < -0.3 is 24.8 Å². The van der Waals surface area contributed by atoms with Gasteiger partial charge in [-0.1, -0.05) is 97.1 Å². The molecule has 5 atom stereocenters. The van der Waals surface area contributed by atoms with Crippen LogP contribution in [0.25, 0.3) is 0 Å². The molecule has 2 N–H and O–H groups in total. The highest BCUT2D eigenvalue weighted by molar-refractivity contribution is 5.86. The van der Waals surface area contributed by atoms with Crippen molar-refractivity contribution in [2.24, 2.45) is 11.8 Å².